The lowest BCUT2D eigenvalue weighted by Crippen LogP contribution is -2.38. The number of fused-ring (bicyclic) bond motifs is 5. The Morgan fingerprint density at radius 3 is 2.40 bits per heavy atom. The Morgan fingerprint density at radius 2 is 1.71 bits per heavy atom. The van der Waals surface area contributed by atoms with Gasteiger partial charge in [-0.05, 0) is 78.1 Å². The van der Waals surface area contributed by atoms with Gasteiger partial charge in [-0.2, -0.15) is 19.0 Å². The Labute approximate surface area is 361 Å². The van der Waals surface area contributed by atoms with E-state index in [2.05, 4.69) is 20.2 Å². The van der Waals surface area contributed by atoms with Crippen LogP contribution in [-0.4, -0.2) is 49.7 Å². The predicted molar refractivity (Wildman–Crippen MR) is 218 cm³/mol. The van der Waals surface area contributed by atoms with E-state index >= 15 is 13.2 Å². The molecule has 1 amide bonds. The molecule has 22 heteroatoms. The van der Waals surface area contributed by atoms with E-state index in [0.29, 0.717) is 10.7 Å². The van der Waals surface area contributed by atoms with E-state index in [1.165, 1.54) is 54.2 Å². The number of hydrogen-bond acceptors (Lipinski definition) is 7. The van der Waals surface area contributed by atoms with Crippen LogP contribution < -0.4 is 15.6 Å². The largest absolute Gasteiger partial charge is 0.344 e. The molecule has 2 aliphatic carbocycles. The highest BCUT2D eigenvalue weighted by Gasteiger charge is 2.67. The van der Waals surface area contributed by atoms with Crippen molar-refractivity contribution in [2.75, 3.05) is 11.0 Å². The highest BCUT2D eigenvalue weighted by atomic mass is 35.5. The van der Waals surface area contributed by atoms with Gasteiger partial charge in [0.2, 0.25) is 15.9 Å². The molecule has 2 aliphatic rings. The molecule has 3 atom stereocenters. The summed E-state index contributed by atoms with van der Waals surface area (Å²) in [6.45, 7) is -1.02. The summed E-state index contributed by atoms with van der Waals surface area (Å²) in [6, 6.07) is 11.7. The lowest BCUT2D eigenvalue weighted by Gasteiger charge is -2.24. The van der Waals surface area contributed by atoms with Crippen molar-refractivity contribution < 1.29 is 43.9 Å². The van der Waals surface area contributed by atoms with Gasteiger partial charge in [0, 0.05) is 41.6 Å². The molecule has 326 valence electrons. The standard InChI is InChI=1S/C41H29Cl2F7N8O4S/c1-56-35-30(8-7-26(43)33(35)38(54-56)55-63(2,61)62)58-39(52-28-12-18(3-5-23(28)40(58)60)22-6-4-19(42)13-27(22)46)29(11-17-9-20(44)14-21(45)10-17)51-31(59)16-57-36-32(34(53-57)37(47)48)24-15-25(24)41(36,49)50/h3-10,12-14,24-25,29,37H,11,15-16H2,1-2H3,(H,51,59)(H,54,55)/t24?,25?,29-/m0/s1. The van der Waals surface area contributed by atoms with Gasteiger partial charge in [0.25, 0.3) is 17.9 Å². The Kier molecular flexibility index (Phi) is 10.1. The van der Waals surface area contributed by atoms with Gasteiger partial charge >= 0.3 is 0 Å². The van der Waals surface area contributed by atoms with Gasteiger partial charge in [-0.15, -0.1) is 0 Å². The van der Waals surface area contributed by atoms with Crippen LogP contribution in [-0.2, 0) is 40.8 Å². The molecule has 0 radical (unpaired) electrons. The molecule has 9 rings (SSSR count). The fourth-order valence-corrected chi connectivity index (χ4v) is 9.37. The number of alkyl halides is 4. The van der Waals surface area contributed by atoms with Crippen LogP contribution in [0.4, 0.5) is 36.6 Å². The number of anilines is 1. The van der Waals surface area contributed by atoms with Gasteiger partial charge in [0.05, 0.1) is 44.8 Å². The molecule has 4 aromatic carbocycles. The minimum Gasteiger partial charge on any atom is -0.344 e. The lowest BCUT2D eigenvalue weighted by molar-refractivity contribution is -0.123. The van der Waals surface area contributed by atoms with Crippen molar-refractivity contribution in [1.29, 1.82) is 0 Å². The second-order valence-electron chi connectivity index (χ2n) is 15.4. The molecule has 0 bridgehead atoms. The van der Waals surface area contributed by atoms with Gasteiger partial charge in [0.15, 0.2) is 5.82 Å². The summed E-state index contributed by atoms with van der Waals surface area (Å²) in [5.41, 5.74) is -2.65. The summed E-state index contributed by atoms with van der Waals surface area (Å²) in [5, 5.41) is 10.7. The zero-order valence-electron chi connectivity index (χ0n) is 32.4. The zero-order valence-corrected chi connectivity index (χ0v) is 34.7. The number of aromatic nitrogens is 6. The van der Waals surface area contributed by atoms with E-state index < -0.39 is 93.5 Å². The second kappa shape index (κ2) is 15.1. The first-order valence-electron chi connectivity index (χ1n) is 18.9. The van der Waals surface area contributed by atoms with E-state index in [4.69, 9.17) is 28.2 Å². The number of benzene rings is 4. The third-order valence-electron chi connectivity index (χ3n) is 11.0. The van der Waals surface area contributed by atoms with E-state index in [-0.39, 0.29) is 77.9 Å². The number of carbonyl (C=O) groups is 1. The topological polar surface area (TPSA) is 146 Å². The summed E-state index contributed by atoms with van der Waals surface area (Å²) in [6.07, 6.45) is -2.90. The predicted octanol–water partition coefficient (Wildman–Crippen LogP) is 8.48. The van der Waals surface area contributed by atoms with E-state index in [9.17, 15) is 35.6 Å². The smallest absolute Gasteiger partial charge is 0.293 e. The molecule has 3 aromatic heterocycles. The third-order valence-corrected chi connectivity index (χ3v) is 12.2. The van der Waals surface area contributed by atoms with Crippen molar-refractivity contribution in [3.8, 4) is 16.8 Å². The molecular formula is C41H29Cl2F7N8O4S. The number of nitrogens with zero attached hydrogens (tertiary/aromatic N) is 6. The summed E-state index contributed by atoms with van der Waals surface area (Å²) >= 11 is 12.6. The van der Waals surface area contributed by atoms with Crippen LogP contribution >= 0.6 is 23.2 Å². The number of rotatable bonds is 11. The van der Waals surface area contributed by atoms with Crippen LogP contribution in [0, 0.1) is 23.4 Å². The van der Waals surface area contributed by atoms with Gasteiger partial charge in [-0.25, -0.2) is 35.4 Å². The molecule has 2 N–H and O–H groups in total. The SMILES string of the molecule is Cn1nc(NS(C)(=O)=O)c2c(Cl)ccc(-n3c([C@H](Cc4cc(F)cc(F)c4)NC(=O)Cn4nc(C(F)F)c5c4C(F)(F)C4CC54)nc4cc(-c5ccc(Cl)cc5F)ccc4c3=O)c21. The normalized spacial score (nSPS) is 17.0. The summed E-state index contributed by atoms with van der Waals surface area (Å²) in [5.74, 6) is -10.1. The number of carbonyl (C=O) groups excluding carboxylic acids is 1. The Hall–Kier alpha value is -5.99. The van der Waals surface area contributed by atoms with Gasteiger partial charge in [-0.1, -0.05) is 29.3 Å². The number of halogens is 9. The number of sulfonamides is 1. The molecule has 1 fully saturated rings. The number of amides is 1. The maximum Gasteiger partial charge on any atom is 0.293 e. The van der Waals surface area contributed by atoms with E-state index in [0.717, 1.165) is 29.0 Å². The van der Waals surface area contributed by atoms with Crippen molar-refractivity contribution in [2.45, 2.75) is 43.7 Å². The molecule has 2 unspecified atom stereocenters. The Balaban J connectivity index is 1.26. The van der Waals surface area contributed by atoms with Crippen LogP contribution in [0.2, 0.25) is 10.0 Å². The van der Waals surface area contributed by atoms with Crippen LogP contribution in [0.25, 0.3) is 38.6 Å². The third kappa shape index (κ3) is 7.46. The molecule has 0 saturated heterocycles. The van der Waals surface area contributed by atoms with Crippen LogP contribution in [0.3, 0.4) is 0 Å². The second-order valence-corrected chi connectivity index (χ2v) is 18.0. The summed E-state index contributed by atoms with van der Waals surface area (Å²) in [4.78, 5) is 33.9. The molecule has 12 nitrogen and oxygen atoms in total. The Bertz CT molecular complexity index is 3250. The van der Waals surface area contributed by atoms with Crippen molar-refractivity contribution in [3.63, 3.8) is 0 Å². The van der Waals surface area contributed by atoms with Crippen molar-refractivity contribution >= 4 is 66.8 Å². The molecule has 3 heterocycles. The maximum absolute atomic E-state index is 15.5. The molecule has 0 spiro atoms. The van der Waals surface area contributed by atoms with E-state index in [1.807, 2.05) is 0 Å². The molecule has 63 heavy (non-hydrogen) atoms. The zero-order chi connectivity index (χ0) is 45.0. The van der Waals surface area contributed by atoms with Crippen molar-refractivity contribution in [2.24, 2.45) is 13.0 Å². The average molecular weight is 934 g/mol. The molecular weight excluding hydrogens is 904 g/mol. The van der Waals surface area contributed by atoms with Crippen LogP contribution in [0.5, 0.6) is 0 Å². The minimum absolute atomic E-state index is 0.00423. The fourth-order valence-electron chi connectivity index (χ4n) is 8.47. The number of aryl methyl sites for hydroxylation is 1. The molecule has 1 saturated carbocycles. The van der Waals surface area contributed by atoms with Gasteiger partial charge in [0.1, 0.15) is 41.2 Å². The van der Waals surface area contributed by atoms with Gasteiger partial charge in [-0.3, -0.25) is 28.2 Å². The first kappa shape index (κ1) is 42.3. The van der Waals surface area contributed by atoms with Crippen LogP contribution in [0.15, 0.2) is 71.5 Å². The maximum atomic E-state index is 15.5. The fraction of sp³-hybridized carbons (Fsp3) is 0.244. The summed E-state index contributed by atoms with van der Waals surface area (Å²) in [7, 11) is -2.52. The first-order chi connectivity index (χ1) is 29.7. The highest BCUT2D eigenvalue weighted by Crippen LogP contribution is 2.68. The van der Waals surface area contributed by atoms with Crippen molar-refractivity contribution in [3.05, 3.63) is 133 Å². The lowest BCUT2D eigenvalue weighted by atomic mass is 10.0. The van der Waals surface area contributed by atoms with Crippen molar-refractivity contribution in [1.82, 2.24) is 34.4 Å². The Morgan fingerprint density at radius 1 is 0.984 bits per heavy atom. The number of hydrogen-bond donors (Lipinski definition) is 2. The first-order valence-corrected chi connectivity index (χ1v) is 21.5. The monoisotopic (exact) mass is 932 g/mol. The molecule has 7 aromatic rings. The van der Waals surface area contributed by atoms with E-state index in [1.54, 1.807) is 0 Å². The minimum atomic E-state index is -3.94. The average Bonchev–Trinajstić information content (AvgIpc) is 3.72. The quantitative estimate of drug-likeness (QED) is 0.124. The summed E-state index contributed by atoms with van der Waals surface area (Å²) < 4.78 is 134. The molecule has 0 aliphatic heterocycles. The van der Waals surface area contributed by atoms with Crippen LogP contribution in [0.1, 0.15) is 53.1 Å². The number of nitrogens with one attached hydrogen (secondary N) is 2. The van der Waals surface area contributed by atoms with Gasteiger partial charge < -0.3 is 5.32 Å². The highest BCUT2D eigenvalue weighted by molar-refractivity contribution is 7.92.